The highest BCUT2D eigenvalue weighted by Gasteiger charge is 2.15. The van der Waals surface area contributed by atoms with Crippen molar-refractivity contribution in [2.75, 3.05) is 31.7 Å². The Balaban J connectivity index is 1.92. The van der Waals surface area contributed by atoms with Crippen LogP contribution in [0.4, 0.5) is 5.69 Å². The Labute approximate surface area is 116 Å². The molecule has 1 atom stereocenters. The van der Waals surface area contributed by atoms with E-state index < -0.39 is 0 Å². The molecule has 1 aliphatic heterocycles. The van der Waals surface area contributed by atoms with Gasteiger partial charge in [0.05, 0.1) is 25.0 Å². The first kappa shape index (κ1) is 14.3. The summed E-state index contributed by atoms with van der Waals surface area (Å²) in [7, 11) is 0. The van der Waals surface area contributed by atoms with Gasteiger partial charge in [-0.05, 0) is 18.8 Å². The molecule has 0 aliphatic carbocycles. The lowest BCUT2D eigenvalue weighted by molar-refractivity contribution is 0.185. The summed E-state index contributed by atoms with van der Waals surface area (Å²) in [6.07, 6.45) is 3.59. The first-order valence-corrected chi connectivity index (χ1v) is 6.78. The molecule has 2 N–H and O–H groups in total. The number of rotatable bonds is 6. The van der Waals surface area contributed by atoms with Gasteiger partial charge in [-0.15, -0.1) is 0 Å². The Kier molecular flexibility index (Phi) is 5.18. The highest BCUT2D eigenvalue weighted by molar-refractivity contribution is 6.32. The molecule has 0 saturated carbocycles. The minimum atomic E-state index is -0.384. The molecule has 1 saturated heterocycles. The number of hydrogen-bond donors (Lipinski definition) is 2. The van der Waals surface area contributed by atoms with Gasteiger partial charge in [0.1, 0.15) is 5.02 Å². The van der Waals surface area contributed by atoms with Crippen LogP contribution in [-0.4, -0.2) is 41.3 Å². The van der Waals surface area contributed by atoms with Gasteiger partial charge in [0.15, 0.2) is 0 Å². The van der Waals surface area contributed by atoms with Gasteiger partial charge >= 0.3 is 0 Å². The van der Waals surface area contributed by atoms with E-state index >= 15 is 0 Å². The van der Waals surface area contributed by atoms with Crippen molar-refractivity contribution in [3.05, 3.63) is 21.6 Å². The molecule has 2 rings (SSSR count). The highest BCUT2D eigenvalue weighted by atomic mass is 35.5. The van der Waals surface area contributed by atoms with Gasteiger partial charge in [-0.25, -0.2) is 4.68 Å². The maximum absolute atomic E-state index is 11.8. The summed E-state index contributed by atoms with van der Waals surface area (Å²) in [5.41, 5.74) is 0.157. The summed E-state index contributed by atoms with van der Waals surface area (Å²) < 4.78 is 6.45. The summed E-state index contributed by atoms with van der Waals surface area (Å²) in [6, 6.07) is 0. The van der Waals surface area contributed by atoms with E-state index in [4.69, 9.17) is 21.4 Å². The molecule has 0 bridgehead atoms. The van der Waals surface area contributed by atoms with Crippen LogP contribution in [-0.2, 0) is 11.3 Å². The van der Waals surface area contributed by atoms with Gasteiger partial charge in [0, 0.05) is 19.8 Å². The Morgan fingerprint density at radius 1 is 1.63 bits per heavy atom. The zero-order chi connectivity index (χ0) is 13.7. The smallest absolute Gasteiger partial charge is 0.287 e. The van der Waals surface area contributed by atoms with Crippen molar-refractivity contribution < 1.29 is 9.84 Å². The maximum atomic E-state index is 11.8. The number of ether oxygens (including phenoxy) is 1. The first-order valence-electron chi connectivity index (χ1n) is 6.40. The van der Waals surface area contributed by atoms with Crippen molar-refractivity contribution in [2.45, 2.75) is 19.4 Å². The van der Waals surface area contributed by atoms with Gasteiger partial charge < -0.3 is 15.2 Å². The molecule has 1 aromatic rings. The fraction of sp³-hybridized carbons (Fsp3) is 0.667. The van der Waals surface area contributed by atoms with Crippen LogP contribution in [0.2, 0.25) is 5.02 Å². The van der Waals surface area contributed by atoms with Crippen LogP contribution >= 0.6 is 11.6 Å². The van der Waals surface area contributed by atoms with Gasteiger partial charge in [0.25, 0.3) is 5.56 Å². The van der Waals surface area contributed by atoms with Gasteiger partial charge in [-0.3, -0.25) is 4.79 Å². The van der Waals surface area contributed by atoms with E-state index in [2.05, 4.69) is 10.4 Å². The fourth-order valence-electron chi connectivity index (χ4n) is 2.06. The predicted molar refractivity (Wildman–Crippen MR) is 72.6 cm³/mol. The van der Waals surface area contributed by atoms with E-state index in [1.807, 2.05) is 0 Å². The van der Waals surface area contributed by atoms with E-state index in [-0.39, 0.29) is 23.7 Å². The molecule has 0 amide bonds. The maximum Gasteiger partial charge on any atom is 0.287 e. The summed E-state index contributed by atoms with van der Waals surface area (Å²) >= 11 is 5.99. The number of aliphatic hydroxyl groups is 1. The average Bonchev–Trinajstić information content (AvgIpc) is 2.91. The minimum Gasteiger partial charge on any atom is -0.394 e. The van der Waals surface area contributed by atoms with Crippen molar-refractivity contribution in [1.29, 1.82) is 0 Å². The topological polar surface area (TPSA) is 76.4 Å². The van der Waals surface area contributed by atoms with Gasteiger partial charge in [-0.2, -0.15) is 5.10 Å². The van der Waals surface area contributed by atoms with E-state index in [9.17, 15) is 4.79 Å². The van der Waals surface area contributed by atoms with Crippen molar-refractivity contribution in [3.8, 4) is 0 Å². The van der Waals surface area contributed by atoms with Crippen LogP contribution in [0.5, 0.6) is 0 Å². The van der Waals surface area contributed by atoms with Crippen LogP contribution in [0.15, 0.2) is 11.0 Å². The number of hydrogen-bond acceptors (Lipinski definition) is 5. The van der Waals surface area contributed by atoms with Crippen LogP contribution in [0.3, 0.4) is 0 Å². The van der Waals surface area contributed by atoms with Crippen LogP contribution in [0.25, 0.3) is 0 Å². The number of aliphatic hydroxyl groups excluding tert-OH is 1. The second kappa shape index (κ2) is 6.88. The van der Waals surface area contributed by atoms with Crippen molar-refractivity contribution in [1.82, 2.24) is 9.78 Å². The summed E-state index contributed by atoms with van der Waals surface area (Å²) in [5.74, 6) is 0.578. The third-order valence-electron chi connectivity index (χ3n) is 3.19. The fourth-order valence-corrected chi connectivity index (χ4v) is 2.28. The third-order valence-corrected chi connectivity index (χ3v) is 3.55. The number of anilines is 1. The normalized spacial score (nSPS) is 18.7. The molecule has 1 fully saturated rings. The Hall–Kier alpha value is -1.11. The molecule has 106 valence electrons. The number of nitrogens with one attached hydrogen (secondary N) is 1. The molecule has 6 nitrogen and oxygen atoms in total. The Morgan fingerprint density at radius 3 is 3.16 bits per heavy atom. The molecule has 0 spiro atoms. The summed E-state index contributed by atoms with van der Waals surface area (Å²) in [6.45, 7) is 2.39. The van der Waals surface area contributed by atoms with E-state index in [1.54, 1.807) is 0 Å². The third kappa shape index (κ3) is 3.68. The molecule has 2 heterocycles. The average molecular weight is 288 g/mol. The van der Waals surface area contributed by atoms with Crippen molar-refractivity contribution >= 4 is 17.3 Å². The molecule has 0 aromatic carbocycles. The summed E-state index contributed by atoms with van der Waals surface area (Å²) in [5, 5.41) is 16.0. The molecule has 7 heteroatoms. The quantitative estimate of drug-likeness (QED) is 0.806. The molecule has 1 aromatic heterocycles. The predicted octanol–water partition coefficient (Wildman–Crippen LogP) is 0.727. The van der Waals surface area contributed by atoms with Crippen LogP contribution in [0, 0.1) is 5.92 Å². The summed E-state index contributed by atoms with van der Waals surface area (Å²) in [4.78, 5) is 11.8. The largest absolute Gasteiger partial charge is 0.394 e. The monoisotopic (exact) mass is 287 g/mol. The van der Waals surface area contributed by atoms with Crippen LogP contribution < -0.4 is 10.9 Å². The molecule has 1 aliphatic rings. The van der Waals surface area contributed by atoms with Crippen molar-refractivity contribution in [2.24, 2.45) is 5.92 Å². The number of aromatic nitrogens is 2. The first-order chi connectivity index (χ1) is 9.22. The molecule has 19 heavy (non-hydrogen) atoms. The van der Waals surface area contributed by atoms with Crippen LogP contribution in [0.1, 0.15) is 12.8 Å². The van der Waals surface area contributed by atoms with E-state index in [1.165, 1.54) is 6.20 Å². The Morgan fingerprint density at radius 2 is 2.47 bits per heavy atom. The number of nitrogens with zero attached hydrogens (tertiary/aromatic N) is 2. The molecular formula is C12H18ClN3O3. The standard InChI is InChI=1S/C12H18ClN3O3/c13-11-10(7-15-16(4-5-17)12(11)18)14-3-1-9-2-6-19-8-9/h7,9,14,17H,1-6,8H2. The molecule has 0 radical (unpaired) electrons. The second-order valence-electron chi connectivity index (χ2n) is 4.57. The Bertz CT molecular complexity index is 472. The second-order valence-corrected chi connectivity index (χ2v) is 4.95. The SMILES string of the molecule is O=c1c(Cl)c(NCCC2CCOC2)cnn1CCO. The lowest BCUT2D eigenvalue weighted by Gasteiger charge is -2.11. The number of halogens is 1. The lowest BCUT2D eigenvalue weighted by atomic mass is 10.1. The molecular weight excluding hydrogens is 270 g/mol. The van der Waals surface area contributed by atoms with E-state index in [0.717, 1.165) is 37.3 Å². The molecule has 1 unspecified atom stereocenters. The zero-order valence-corrected chi connectivity index (χ0v) is 11.4. The zero-order valence-electron chi connectivity index (χ0n) is 10.6. The van der Waals surface area contributed by atoms with E-state index in [0.29, 0.717) is 11.6 Å². The minimum absolute atomic E-state index is 0.117. The van der Waals surface area contributed by atoms with Crippen molar-refractivity contribution in [3.63, 3.8) is 0 Å². The van der Waals surface area contributed by atoms with Gasteiger partial charge in [-0.1, -0.05) is 11.6 Å². The highest BCUT2D eigenvalue weighted by Crippen LogP contribution is 2.18. The lowest BCUT2D eigenvalue weighted by Crippen LogP contribution is -2.25. The van der Waals surface area contributed by atoms with Gasteiger partial charge in [0.2, 0.25) is 0 Å².